The molecule has 0 fully saturated rings. The van der Waals surface area contributed by atoms with Crippen LogP contribution in [-0.2, 0) is 12.8 Å². The summed E-state index contributed by atoms with van der Waals surface area (Å²) < 4.78 is 0. The van der Waals surface area contributed by atoms with E-state index in [1.54, 1.807) is 6.33 Å². The van der Waals surface area contributed by atoms with Gasteiger partial charge in [-0.2, -0.15) is 0 Å². The molecule has 1 aliphatic carbocycles. The zero-order valence-corrected chi connectivity index (χ0v) is 10.6. The van der Waals surface area contributed by atoms with E-state index in [1.165, 1.54) is 17.7 Å². The molecule has 0 aliphatic heterocycles. The molecule has 82 valence electrons. The molecule has 0 radical (unpaired) electrons. The molecule has 0 spiro atoms. The van der Waals surface area contributed by atoms with E-state index in [0.717, 1.165) is 37.1 Å². The lowest BCUT2D eigenvalue weighted by atomic mass is 10.2. The molecule has 1 aromatic rings. The lowest BCUT2D eigenvalue weighted by molar-refractivity contribution is 0.835. The maximum absolute atomic E-state index is 4.43. The van der Waals surface area contributed by atoms with E-state index < -0.39 is 0 Å². The molecule has 0 saturated carbocycles. The van der Waals surface area contributed by atoms with E-state index >= 15 is 0 Å². The van der Waals surface area contributed by atoms with E-state index in [2.05, 4.69) is 37.7 Å². The summed E-state index contributed by atoms with van der Waals surface area (Å²) in [6.07, 6.45) is 5.20. The quantitative estimate of drug-likeness (QED) is 0.785. The van der Waals surface area contributed by atoms with Gasteiger partial charge in [-0.3, -0.25) is 0 Å². The molecular weight excluding hydrogens is 254 g/mol. The van der Waals surface area contributed by atoms with Gasteiger partial charge < -0.3 is 4.90 Å². The highest BCUT2D eigenvalue weighted by Crippen LogP contribution is 2.27. The van der Waals surface area contributed by atoms with E-state index in [9.17, 15) is 0 Å². The molecule has 0 atom stereocenters. The maximum atomic E-state index is 4.43. The normalized spacial score (nSPS) is 14.0. The molecular formula is C11H16BrN3. The van der Waals surface area contributed by atoms with Crippen molar-refractivity contribution in [2.45, 2.75) is 26.2 Å². The first-order valence-electron chi connectivity index (χ1n) is 5.50. The second kappa shape index (κ2) is 4.92. The van der Waals surface area contributed by atoms with Crippen LogP contribution in [0, 0.1) is 0 Å². The summed E-state index contributed by atoms with van der Waals surface area (Å²) in [4.78, 5) is 11.1. The maximum Gasteiger partial charge on any atom is 0.135 e. The number of nitrogens with zero attached hydrogens (tertiary/aromatic N) is 3. The number of fused-ring (bicyclic) bond motifs is 1. The highest BCUT2D eigenvalue weighted by molar-refractivity contribution is 9.09. The van der Waals surface area contributed by atoms with Crippen LogP contribution < -0.4 is 4.90 Å². The molecule has 4 heteroatoms. The van der Waals surface area contributed by atoms with E-state index in [4.69, 9.17) is 0 Å². The average molecular weight is 270 g/mol. The van der Waals surface area contributed by atoms with Crippen molar-refractivity contribution in [1.82, 2.24) is 9.97 Å². The van der Waals surface area contributed by atoms with E-state index in [1.807, 2.05) is 0 Å². The molecule has 2 rings (SSSR count). The van der Waals surface area contributed by atoms with Crippen LogP contribution >= 0.6 is 15.9 Å². The van der Waals surface area contributed by atoms with Crippen LogP contribution in [0.25, 0.3) is 0 Å². The third-order valence-corrected chi connectivity index (χ3v) is 3.24. The van der Waals surface area contributed by atoms with Gasteiger partial charge in [0.2, 0.25) is 0 Å². The third kappa shape index (κ3) is 2.14. The molecule has 15 heavy (non-hydrogen) atoms. The highest BCUT2D eigenvalue weighted by Gasteiger charge is 2.19. The largest absolute Gasteiger partial charge is 0.356 e. The molecule has 0 amide bonds. The smallest absolute Gasteiger partial charge is 0.135 e. The van der Waals surface area contributed by atoms with Crippen LogP contribution in [0.15, 0.2) is 6.33 Å². The SMILES string of the molecule is CCN(CCBr)c1ncnc2c1CCC2. The van der Waals surface area contributed by atoms with Crippen molar-refractivity contribution in [3.63, 3.8) is 0 Å². The van der Waals surface area contributed by atoms with Crippen LogP contribution in [0.3, 0.4) is 0 Å². The Balaban J connectivity index is 2.30. The van der Waals surface area contributed by atoms with E-state index in [0.29, 0.717) is 0 Å². The van der Waals surface area contributed by atoms with Gasteiger partial charge in [0.1, 0.15) is 12.1 Å². The molecule has 0 saturated heterocycles. The summed E-state index contributed by atoms with van der Waals surface area (Å²) in [5.74, 6) is 1.15. The predicted octanol–water partition coefficient (Wildman–Crippen LogP) is 2.19. The Bertz CT molecular complexity index is 341. The lowest BCUT2D eigenvalue weighted by Crippen LogP contribution is -2.27. The van der Waals surface area contributed by atoms with Crippen molar-refractivity contribution in [2.75, 3.05) is 23.3 Å². The molecule has 1 aliphatic rings. The van der Waals surface area contributed by atoms with Gasteiger partial charge in [-0.15, -0.1) is 0 Å². The lowest BCUT2D eigenvalue weighted by Gasteiger charge is -2.22. The number of hydrogen-bond donors (Lipinski definition) is 0. The second-order valence-corrected chi connectivity index (χ2v) is 4.54. The van der Waals surface area contributed by atoms with Gasteiger partial charge in [-0.1, -0.05) is 15.9 Å². The fourth-order valence-electron chi connectivity index (χ4n) is 2.13. The predicted molar refractivity (Wildman–Crippen MR) is 65.7 cm³/mol. The second-order valence-electron chi connectivity index (χ2n) is 3.74. The number of rotatable bonds is 4. The number of aryl methyl sites for hydroxylation is 1. The van der Waals surface area contributed by atoms with Gasteiger partial charge in [0.15, 0.2) is 0 Å². The zero-order chi connectivity index (χ0) is 10.7. The first kappa shape index (κ1) is 10.9. The Morgan fingerprint density at radius 3 is 3.00 bits per heavy atom. The third-order valence-electron chi connectivity index (χ3n) is 2.89. The standard InChI is InChI=1S/C11H16BrN3/c1-2-15(7-6-12)11-9-4-3-5-10(9)13-8-14-11/h8H,2-7H2,1H3. The number of hydrogen-bond acceptors (Lipinski definition) is 3. The van der Waals surface area contributed by atoms with Gasteiger partial charge in [-0.05, 0) is 26.2 Å². The summed E-state index contributed by atoms with van der Waals surface area (Å²) in [6, 6.07) is 0. The molecule has 0 bridgehead atoms. The van der Waals surface area contributed by atoms with Crippen LogP contribution in [0.1, 0.15) is 24.6 Å². The van der Waals surface area contributed by atoms with E-state index in [-0.39, 0.29) is 0 Å². The number of alkyl halides is 1. The molecule has 0 aromatic carbocycles. The van der Waals surface area contributed by atoms with Gasteiger partial charge in [-0.25, -0.2) is 9.97 Å². The van der Waals surface area contributed by atoms with Crippen molar-refractivity contribution in [1.29, 1.82) is 0 Å². The Morgan fingerprint density at radius 2 is 2.27 bits per heavy atom. The minimum absolute atomic E-state index is 0.986. The summed E-state index contributed by atoms with van der Waals surface area (Å²) in [5.41, 5.74) is 2.63. The molecule has 1 heterocycles. The fourth-order valence-corrected chi connectivity index (χ4v) is 2.56. The summed E-state index contributed by atoms with van der Waals surface area (Å²) in [7, 11) is 0. The van der Waals surface area contributed by atoms with Gasteiger partial charge >= 0.3 is 0 Å². The topological polar surface area (TPSA) is 29.0 Å². The Labute approximate surface area is 99.0 Å². The van der Waals surface area contributed by atoms with Crippen molar-refractivity contribution in [3.8, 4) is 0 Å². The molecule has 3 nitrogen and oxygen atoms in total. The van der Waals surface area contributed by atoms with Crippen LogP contribution in [0.4, 0.5) is 5.82 Å². The Kier molecular flexibility index (Phi) is 3.57. The van der Waals surface area contributed by atoms with Crippen molar-refractivity contribution < 1.29 is 0 Å². The summed E-state index contributed by atoms with van der Waals surface area (Å²) >= 11 is 3.48. The Morgan fingerprint density at radius 1 is 1.40 bits per heavy atom. The van der Waals surface area contributed by atoms with Gasteiger partial charge in [0, 0.05) is 29.7 Å². The number of halogens is 1. The minimum Gasteiger partial charge on any atom is -0.356 e. The van der Waals surface area contributed by atoms with Crippen molar-refractivity contribution >= 4 is 21.7 Å². The van der Waals surface area contributed by atoms with Crippen molar-refractivity contribution in [2.24, 2.45) is 0 Å². The van der Waals surface area contributed by atoms with Crippen molar-refractivity contribution in [3.05, 3.63) is 17.6 Å². The zero-order valence-electron chi connectivity index (χ0n) is 9.04. The fraction of sp³-hybridized carbons (Fsp3) is 0.636. The summed E-state index contributed by atoms with van der Waals surface area (Å²) in [5, 5.41) is 0.986. The van der Waals surface area contributed by atoms with Gasteiger partial charge in [0.05, 0.1) is 0 Å². The number of aromatic nitrogens is 2. The van der Waals surface area contributed by atoms with Crippen LogP contribution in [0.5, 0.6) is 0 Å². The van der Waals surface area contributed by atoms with Crippen LogP contribution in [0.2, 0.25) is 0 Å². The molecule has 1 aromatic heterocycles. The summed E-state index contributed by atoms with van der Waals surface area (Å²) in [6.45, 7) is 4.20. The van der Waals surface area contributed by atoms with Crippen LogP contribution in [-0.4, -0.2) is 28.4 Å². The monoisotopic (exact) mass is 269 g/mol. The van der Waals surface area contributed by atoms with Gasteiger partial charge in [0.25, 0.3) is 0 Å². The number of anilines is 1. The molecule has 0 unspecified atom stereocenters. The molecule has 0 N–H and O–H groups in total. The minimum atomic E-state index is 0.986. The first-order chi connectivity index (χ1) is 7.36. The Hall–Kier alpha value is -0.640. The first-order valence-corrected chi connectivity index (χ1v) is 6.62. The highest BCUT2D eigenvalue weighted by atomic mass is 79.9. The average Bonchev–Trinajstić information content (AvgIpc) is 2.73.